The molecule has 0 spiro atoms. The van der Waals surface area contributed by atoms with E-state index in [1.54, 1.807) is 0 Å². The fraction of sp³-hybridized carbons (Fsp3) is 0.0833. The van der Waals surface area contributed by atoms with Crippen molar-refractivity contribution in [3.05, 3.63) is 114 Å². The third kappa shape index (κ3) is 2.67. The first-order valence-electron chi connectivity index (χ1n) is 8.94. The van der Waals surface area contributed by atoms with Crippen LogP contribution in [0.1, 0.15) is 27.3 Å². The molecule has 0 saturated heterocycles. The van der Waals surface area contributed by atoms with Crippen molar-refractivity contribution in [1.29, 1.82) is 0 Å². The molecular formula is C24H19NS. The van der Waals surface area contributed by atoms with Crippen molar-refractivity contribution in [1.82, 2.24) is 0 Å². The summed E-state index contributed by atoms with van der Waals surface area (Å²) in [6.45, 7) is 0. The van der Waals surface area contributed by atoms with Gasteiger partial charge >= 0.3 is 0 Å². The molecule has 4 aromatic carbocycles. The van der Waals surface area contributed by atoms with Crippen molar-refractivity contribution < 1.29 is 0 Å². The molecule has 0 bridgehead atoms. The van der Waals surface area contributed by atoms with E-state index in [2.05, 4.69) is 102 Å². The zero-order valence-electron chi connectivity index (χ0n) is 14.3. The molecule has 2 heteroatoms. The Kier molecular flexibility index (Phi) is 3.91. The summed E-state index contributed by atoms with van der Waals surface area (Å²) in [5, 5.41) is 6.96. The van der Waals surface area contributed by atoms with Crippen molar-refractivity contribution in [3.63, 3.8) is 0 Å². The van der Waals surface area contributed by atoms with E-state index >= 15 is 0 Å². The zero-order chi connectivity index (χ0) is 17.3. The number of benzene rings is 4. The summed E-state index contributed by atoms with van der Waals surface area (Å²) in [5.41, 5.74) is 5.31. The molecule has 0 fully saturated rings. The molecule has 1 aliphatic heterocycles. The van der Waals surface area contributed by atoms with Crippen molar-refractivity contribution in [2.45, 2.75) is 10.6 Å². The van der Waals surface area contributed by atoms with Crippen LogP contribution in [-0.2, 0) is 0 Å². The van der Waals surface area contributed by atoms with Gasteiger partial charge in [0.25, 0.3) is 0 Å². The molecule has 1 N–H and O–H groups in total. The summed E-state index contributed by atoms with van der Waals surface area (Å²) in [7, 11) is 0. The van der Waals surface area contributed by atoms with Gasteiger partial charge < -0.3 is 5.32 Å². The van der Waals surface area contributed by atoms with Crippen molar-refractivity contribution in [2.75, 3.05) is 5.32 Å². The normalized spacial score (nSPS) is 18.9. The number of nitrogens with one attached hydrogen (secondary N) is 1. The highest BCUT2D eigenvalue weighted by molar-refractivity contribution is 8.00. The van der Waals surface area contributed by atoms with Gasteiger partial charge in [0.1, 0.15) is 0 Å². The Bertz CT molecular complexity index is 1040. The quantitative estimate of drug-likeness (QED) is 0.426. The van der Waals surface area contributed by atoms with Crippen molar-refractivity contribution in [2.24, 2.45) is 0 Å². The lowest BCUT2D eigenvalue weighted by molar-refractivity contribution is 1.03. The first-order chi connectivity index (χ1) is 12.9. The van der Waals surface area contributed by atoms with E-state index in [0.29, 0.717) is 5.25 Å². The maximum Gasteiger partial charge on any atom is 0.0989 e. The molecule has 4 aromatic rings. The molecule has 126 valence electrons. The summed E-state index contributed by atoms with van der Waals surface area (Å²) in [6.07, 6.45) is 0. The number of fused-ring (bicyclic) bond motifs is 3. The van der Waals surface area contributed by atoms with E-state index in [0.717, 1.165) is 0 Å². The average Bonchev–Trinajstić information content (AvgIpc) is 2.74. The molecule has 0 aliphatic carbocycles. The van der Waals surface area contributed by atoms with Gasteiger partial charge in [-0.3, -0.25) is 0 Å². The first-order valence-corrected chi connectivity index (χ1v) is 9.88. The van der Waals surface area contributed by atoms with E-state index in [9.17, 15) is 0 Å². The summed E-state index contributed by atoms with van der Waals surface area (Å²) in [5.74, 6) is 0. The molecule has 0 saturated carbocycles. The minimum atomic E-state index is 0.236. The van der Waals surface area contributed by atoms with Crippen molar-refractivity contribution in [3.8, 4) is 0 Å². The van der Waals surface area contributed by atoms with Gasteiger partial charge in [0, 0.05) is 11.1 Å². The molecule has 1 aliphatic rings. The monoisotopic (exact) mass is 353 g/mol. The SMILES string of the molecule is c1ccc(C2Nc3c(ccc4ccccc34)C(c3ccccc3)S2)cc1. The fourth-order valence-electron chi connectivity index (χ4n) is 3.72. The maximum atomic E-state index is 3.82. The predicted molar refractivity (Wildman–Crippen MR) is 113 cm³/mol. The van der Waals surface area contributed by atoms with Crippen LogP contribution < -0.4 is 5.32 Å². The smallest absolute Gasteiger partial charge is 0.0989 e. The Labute approximate surface area is 158 Å². The van der Waals surface area contributed by atoms with Crippen LogP contribution in [0.5, 0.6) is 0 Å². The second-order valence-corrected chi connectivity index (χ2v) is 7.83. The van der Waals surface area contributed by atoms with E-state index in [1.165, 1.54) is 33.2 Å². The molecule has 26 heavy (non-hydrogen) atoms. The largest absolute Gasteiger partial charge is 0.369 e. The maximum absolute atomic E-state index is 3.82. The van der Waals surface area contributed by atoms with Crippen LogP contribution in [0.15, 0.2) is 97.1 Å². The molecule has 0 amide bonds. The molecule has 5 rings (SSSR count). The van der Waals surface area contributed by atoms with Crippen LogP contribution in [0.2, 0.25) is 0 Å². The summed E-state index contributed by atoms with van der Waals surface area (Å²) < 4.78 is 0. The highest BCUT2D eigenvalue weighted by Crippen LogP contribution is 2.52. The average molecular weight is 353 g/mol. The van der Waals surface area contributed by atoms with Gasteiger partial charge in [0.05, 0.1) is 10.6 Å². The summed E-state index contributed by atoms with van der Waals surface area (Å²) in [4.78, 5) is 0. The number of anilines is 1. The Morgan fingerprint density at radius 3 is 2.04 bits per heavy atom. The minimum Gasteiger partial charge on any atom is -0.369 e. The van der Waals surface area contributed by atoms with Gasteiger partial charge in [-0.25, -0.2) is 0 Å². The van der Waals surface area contributed by atoms with Gasteiger partial charge in [0.2, 0.25) is 0 Å². The lowest BCUT2D eigenvalue weighted by Gasteiger charge is -2.34. The third-order valence-electron chi connectivity index (χ3n) is 5.00. The first kappa shape index (κ1) is 15.5. The number of hydrogen-bond acceptors (Lipinski definition) is 2. The van der Waals surface area contributed by atoms with Gasteiger partial charge in [0.15, 0.2) is 0 Å². The van der Waals surface area contributed by atoms with E-state index in [1.807, 2.05) is 11.8 Å². The molecule has 2 unspecified atom stereocenters. The second kappa shape index (κ2) is 6.54. The van der Waals surface area contributed by atoms with Gasteiger partial charge in [-0.05, 0) is 22.1 Å². The highest BCUT2D eigenvalue weighted by atomic mass is 32.2. The highest BCUT2D eigenvalue weighted by Gasteiger charge is 2.30. The summed E-state index contributed by atoms with van der Waals surface area (Å²) in [6, 6.07) is 34.8. The Hall–Kier alpha value is -2.71. The minimum absolute atomic E-state index is 0.236. The van der Waals surface area contributed by atoms with Crippen LogP contribution in [0.4, 0.5) is 5.69 Å². The van der Waals surface area contributed by atoms with E-state index in [-0.39, 0.29) is 5.37 Å². The molecule has 2 atom stereocenters. The van der Waals surface area contributed by atoms with E-state index in [4.69, 9.17) is 0 Å². The second-order valence-electron chi connectivity index (χ2n) is 6.61. The molecule has 1 nitrogen and oxygen atoms in total. The fourth-order valence-corrected chi connectivity index (χ4v) is 5.15. The molecule has 0 aromatic heterocycles. The van der Waals surface area contributed by atoms with Gasteiger partial charge in [-0.2, -0.15) is 0 Å². The Balaban J connectivity index is 1.70. The van der Waals surface area contributed by atoms with Crippen LogP contribution in [0.25, 0.3) is 10.8 Å². The molecular weight excluding hydrogens is 334 g/mol. The standard InChI is InChI=1S/C24H19NS/c1-3-10-18(11-4-1)23-21-16-15-17-9-7-8-14-20(17)22(21)25-24(26-23)19-12-5-2-6-13-19/h1-16,23-25H. The van der Waals surface area contributed by atoms with Crippen LogP contribution in [0, 0.1) is 0 Å². The topological polar surface area (TPSA) is 12.0 Å². The lowest BCUT2D eigenvalue weighted by Crippen LogP contribution is -2.18. The van der Waals surface area contributed by atoms with Gasteiger partial charge in [-0.1, -0.05) is 97.1 Å². The number of hydrogen-bond donors (Lipinski definition) is 1. The van der Waals surface area contributed by atoms with Gasteiger partial charge in [-0.15, -0.1) is 11.8 Å². The Morgan fingerprint density at radius 2 is 1.27 bits per heavy atom. The summed E-state index contributed by atoms with van der Waals surface area (Å²) >= 11 is 1.98. The predicted octanol–water partition coefficient (Wildman–Crippen LogP) is 6.79. The molecule has 1 heterocycles. The Morgan fingerprint density at radius 1 is 0.615 bits per heavy atom. The van der Waals surface area contributed by atoms with Crippen molar-refractivity contribution >= 4 is 28.2 Å². The van der Waals surface area contributed by atoms with Crippen LogP contribution in [-0.4, -0.2) is 0 Å². The van der Waals surface area contributed by atoms with E-state index < -0.39 is 0 Å². The zero-order valence-corrected chi connectivity index (χ0v) is 15.1. The molecule has 0 radical (unpaired) electrons. The lowest BCUT2D eigenvalue weighted by atomic mass is 9.97. The van der Waals surface area contributed by atoms with Crippen LogP contribution >= 0.6 is 11.8 Å². The number of thioether (sulfide) groups is 1. The number of rotatable bonds is 2. The third-order valence-corrected chi connectivity index (χ3v) is 6.46. The van der Waals surface area contributed by atoms with Crippen LogP contribution in [0.3, 0.4) is 0 Å².